The van der Waals surface area contributed by atoms with Gasteiger partial charge in [0.25, 0.3) is 0 Å². The summed E-state index contributed by atoms with van der Waals surface area (Å²) >= 11 is 0. The van der Waals surface area contributed by atoms with Crippen molar-refractivity contribution in [1.82, 2.24) is 0 Å². The first-order chi connectivity index (χ1) is 13.2. The minimum absolute atomic E-state index is 0.297. The van der Waals surface area contributed by atoms with E-state index < -0.39 is 5.97 Å². The Morgan fingerprint density at radius 3 is 2.07 bits per heavy atom. The fourth-order valence-electron chi connectivity index (χ4n) is 3.28. The number of fused-ring (bicyclic) bond motifs is 3. The van der Waals surface area contributed by atoms with Gasteiger partial charge in [-0.1, -0.05) is 85.0 Å². The molecular formula is C25H18O2. The predicted molar refractivity (Wildman–Crippen MR) is 113 cm³/mol. The van der Waals surface area contributed by atoms with Crippen LogP contribution < -0.4 is 0 Å². The molecule has 4 aromatic carbocycles. The third-order valence-corrected chi connectivity index (χ3v) is 4.63. The molecule has 0 aliphatic heterocycles. The first-order valence-corrected chi connectivity index (χ1v) is 8.81. The molecule has 0 aromatic heterocycles. The quantitative estimate of drug-likeness (QED) is 0.341. The molecule has 27 heavy (non-hydrogen) atoms. The molecular weight excluding hydrogens is 332 g/mol. The summed E-state index contributed by atoms with van der Waals surface area (Å²) in [6.07, 6.45) is 8.06. The van der Waals surface area contributed by atoms with Gasteiger partial charge < -0.3 is 5.11 Å². The Morgan fingerprint density at radius 1 is 0.704 bits per heavy atom. The maximum absolute atomic E-state index is 10.9. The lowest BCUT2D eigenvalue weighted by atomic mass is 9.97. The van der Waals surface area contributed by atoms with Crippen molar-refractivity contribution in [3.63, 3.8) is 0 Å². The van der Waals surface area contributed by atoms with Gasteiger partial charge in [0, 0.05) is 0 Å². The average molecular weight is 350 g/mol. The highest BCUT2D eigenvalue weighted by Gasteiger charge is 2.03. The molecule has 0 spiro atoms. The molecule has 2 nitrogen and oxygen atoms in total. The van der Waals surface area contributed by atoms with Crippen molar-refractivity contribution in [3.8, 4) is 0 Å². The average Bonchev–Trinajstić information content (AvgIpc) is 2.71. The zero-order valence-corrected chi connectivity index (χ0v) is 14.7. The Kier molecular flexibility index (Phi) is 4.54. The molecule has 0 radical (unpaired) electrons. The molecule has 4 rings (SSSR count). The van der Waals surface area contributed by atoms with E-state index in [2.05, 4.69) is 60.7 Å². The van der Waals surface area contributed by atoms with Gasteiger partial charge in [-0.05, 0) is 50.9 Å². The summed E-state index contributed by atoms with van der Waals surface area (Å²) in [5, 5.41) is 13.9. The van der Waals surface area contributed by atoms with Crippen LogP contribution in [0.5, 0.6) is 0 Å². The van der Waals surface area contributed by atoms with Crippen molar-refractivity contribution in [1.29, 1.82) is 0 Å². The first kappa shape index (κ1) is 16.8. The van der Waals surface area contributed by atoms with Crippen molar-refractivity contribution in [2.45, 2.75) is 0 Å². The molecule has 4 aromatic rings. The number of hydrogen-bond acceptors (Lipinski definition) is 1. The van der Waals surface area contributed by atoms with Gasteiger partial charge >= 0.3 is 5.97 Å². The molecule has 0 atom stereocenters. The highest BCUT2D eigenvalue weighted by Crippen LogP contribution is 2.29. The molecule has 0 amide bonds. The first-order valence-electron chi connectivity index (χ1n) is 8.81. The van der Waals surface area contributed by atoms with Crippen LogP contribution in [-0.2, 0) is 0 Å². The van der Waals surface area contributed by atoms with Crippen molar-refractivity contribution in [2.75, 3.05) is 0 Å². The molecule has 0 bridgehead atoms. The number of carboxylic acids is 1. The SMILES string of the molecule is O=C(O)c1ccc(/C=C/C=C/c2cc3ccccc3c3ccccc23)cc1. The Balaban J connectivity index is 1.65. The van der Waals surface area contributed by atoms with E-state index in [-0.39, 0.29) is 0 Å². The van der Waals surface area contributed by atoms with Crippen LogP contribution >= 0.6 is 0 Å². The Hall–Kier alpha value is -3.65. The van der Waals surface area contributed by atoms with E-state index in [9.17, 15) is 4.79 Å². The van der Waals surface area contributed by atoms with Crippen LogP contribution in [0.15, 0.2) is 91.0 Å². The molecule has 1 N–H and O–H groups in total. The number of aromatic carboxylic acids is 1. The molecule has 0 saturated heterocycles. The minimum Gasteiger partial charge on any atom is -0.478 e. The van der Waals surface area contributed by atoms with Gasteiger partial charge in [0.2, 0.25) is 0 Å². The van der Waals surface area contributed by atoms with Crippen LogP contribution in [0.25, 0.3) is 33.7 Å². The van der Waals surface area contributed by atoms with E-state index >= 15 is 0 Å². The largest absolute Gasteiger partial charge is 0.478 e. The third kappa shape index (κ3) is 3.51. The lowest BCUT2D eigenvalue weighted by molar-refractivity contribution is 0.0697. The zero-order chi connectivity index (χ0) is 18.6. The molecule has 0 saturated carbocycles. The normalized spacial score (nSPS) is 11.7. The Morgan fingerprint density at radius 2 is 1.33 bits per heavy atom. The fraction of sp³-hybridized carbons (Fsp3) is 0. The molecule has 0 unspecified atom stereocenters. The number of hydrogen-bond donors (Lipinski definition) is 1. The smallest absolute Gasteiger partial charge is 0.335 e. The van der Waals surface area contributed by atoms with Crippen LogP contribution in [0.3, 0.4) is 0 Å². The number of allylic oxidation sites excluding steroid dienone is 2. The molecule has 0 aliphatic carbocycles. The summed E-state index contributed by atoms with van der Waals surface area (Å²) in [5.41, 5.74) is 2.44. The van der Waals surface area contributed by atoms with Crippen LogP contribution in [0, 0.1) is 0 Å². The van der Waals surface area contributed by atoms with E-state index in [1.54, 1.807) is 24.3 Å². The van der Waals surface area contributed by atoms with E-state index in [4.69, 9.17) is 5.11 Å². The molecule has 0 heterocycles. The summed E-state index contributed by atoms with van der Waals surface area (Å²) in [7, 11) is 0. The maximum Gasteiger partial charge on any atom is 0.335 e. The van der Waals surface area contributed by atoms with Gasteiger partial charge in [0.15, 0.2) is 0 Å². The summed E-state index contributed by atoms with van der Waals surface area (Å²) in [6.45, 7) is 0. The molecule has 130 valence electrons. The van der Waals surface area contributed by atoms with E-state index in [1.807, 2.05) is 18.2 Å². The monoisotopic (exact) mass is 350 g/mol. The van der Waals surface area contributed by atoms with Crippen molar-refractivity contribution in [2.24, 2.45) is 0 Å². The second-order valence-electron chi connectivity index (χ2n) is 6.38. The summed E-state index contributed by atoms with van der Waals surface area (Å²) in [6, 6.07) is 25.9. The third-order valence-electron chi connectivity index (χ3n) is 4.63. The zero-order valence-electron chi connectivity index (χ0n) is 14.7. The van der Waals surface area contributed by atoms with Crippen LogP contribution in [-0.4, -0.2) is 11.1 Å². The summed E-state index contributed by atoms with van der Waals surface area (Å²) in [5.74, 6) is -0.909. The topological polar surface area (TPSA) is 37.3 Å². The molecule has 0 fully saturated rings. The van der Waals surface area contributed by atoms with E-state index in [0.29, 0.717) is 5.56 Å². The van der Waals surface area contributed by atoms with Crippen molar-refractivity contribution in [3.05, 3.63) is 108 Å². The second-order valence-corrected chi connectivity index (χ2v) is 6.38. The highest BCUT2D eigenvalue weighted by molar-refractivity contribution is 6.10. The van der Waals surface area contributed by atoms with Gasteiger partial charge in [-0.2, -0.15) is 0 Å². The van der Waals surface area contributed by atoms with E-state index in [0.717, 1.165) is 5.56 Å². The van der Waals surface area contributed by atoms with Gasteiger partial charge in [0.1, 0.15) is 0 Å². The fourth-order valence-corrected chi connectivity index (χ4v) is 3.28. The molecule has 2 heteroatoms. The Labute approximate surface area is 157 Å². The van der Waals surface area contributed by atoms with Crippen LogP contribution in [0.4, 0.5) is 0 Å². The molecule has 0 aliphatic rings. The van der Waals surface area contributed by atoms with Gasteiger partial charge in [-0.3, -0.25) is 0 Å². The van der Waals surface area contributed by atoms with Crippen molar-refractivity contribution < 1.29 is 9.90 Å². The lowest BCUT2D eigenvalue weighted by Crippen LogP contribution is -1.94. The number of carbonyl (C=O) groups is 1. The maximum atomic E-state index is 10.9. The van der Waals surface area contributed by atoms with Gasteiger partial charge in [-0.25, -0.2) is 4.79 Å². The Bertz CT molecular complexity index is 1180. The minimum atomic E-state index is -0.909. The summed E-state index contributed by atoms with van der Waals surface area (Å²) < 4.78 is 0. The van der Waals surface area contributed by atoms with E-state index in [1.165, 1.54) is 27.1 Å². The summed E-state index contributed by atoms with van der Waals surface area (Å²) in [4.78, 5) is 10.9. The van der Waals surface area contributed by atoms with Crippen LogP contribution in [0.2, 0.25) is 0 Å². The van der Waals surface area contributed by atoms with Gasteiger partial charge in [-0.15, -0.1) is 0 Å². The van der Waals surface area contributed by atoms with Crippen LogP contribution in [0.1, 0.15) is 21.5 Å². The number of benzene rings is 4. The highest BCUT2D eigenvalue weighted by atomic mass is 16.4. The van der Waals surface area contributed by atoms with Crippen molar-refractivity contribution >= 4 is 39.7 Å². The second kappa shape index (κ2) is 7.30. The standard InChI is InChI=1S/C25H18O2/c26-25(27)19-15-13-18(14-16-19)7-1-2-8-20-17-21-9-3-4-10-22(21)24-12-6-5-11-23(20)24/h1-17H,(H,26,27)/b7-1+,8-2+. The van der Waals surface area contributed by atoms with Gasteiger partial charge in [0.05, 0.1) is 5.56 Å². The number of carboxylic acid groups (broad SMARTS) is 1. The number of rotatable bonds is 4. The lowest BCUT2D eigenvalue weighted by Gasteiger charge is -2.07. The predicted octanol–water partition coefficient (Wildman–Crippen LogP) is 6.42.